The fourth-order valence-corrected chi connectivity index (χ4v) is 8.90. The van der Waals surface area contributed by atoms with Crippen LogP contribution in [0.15, 0.2) is 0 Å². The molecule has 0 aromatic carbocycles. The molecule has 0 saturated heterocycles. The molecule has 0 fully saturated rings. The molecule has 0 spiro atoms. The molecular formula is C12H32N4Te. The van der Waals surface area contributed by atoms with Crippen LogP contribution in [0.1, 0.15) is 53.4 Å². The van der Waals surface area contributed by atoms with E-state index in [2.05, 4.69) is 42.0 Å². The molecule has 0 aliphatic carbocycles. The summed E-state index contributed by atoms with van der Waals surface area (Å²) in [6.07, 6.45) is 4.73. The zero-order valence-electron chi connectivity index (χ0n) is 12.1. The average Bonchev–Trinajstić information content (AvgIpc) is 2.37. The van der Waals surface area contributed by atoms with Crippen molar-refractivity contribution in [1.29, 1.82) is 0 Å². The van der Waals surface area contributed by atoms with Crippen LogP contribution in [0.2, 0.25) is 0 Å². The predicted octanol–water partition coefficient (Wildman–Crippen LogP) is 1.42. The third kappa shape index (κ3) is 8.36. The summed E-state index contributed by atoms with van der Waals surface area (Å²) in [4.78, 5) is 0. The minimum atomic E-state index is -2.46. The standard InChI is InChI=1S/C12H32N4Te/c1-5-9-13-17(14-10-6-2,15-11-7-3)16-12-8-4/h13-16H,5-12H2,1-4H3. The van der Waals surface area contributed by atoms with Gasteiger partial charge in [-0.25, -0.2) is 0 Å². The maximum atomic E-state index is 3.74. The molecule has 0 atom stereocenters. The van der Waals surface area contributed by atoms with E-state index >= 15 is 0 Å². The van der Waals surface area contributed by atoms with Crippen molar-refractivity contribution in [1.82, 2.24) is 14.3 Å². The number of hydrogen-bond acceptors (Lipinski definition) is 4. The predicted molar refractivity (Wildman–Crippen MR) is 78.9 cm³/mol. The summed E-state index contributed by atoms with van der Waals surface area (Å²) in [5, 5.41) is 0. The van der Waals surface area contributed by atoms with Crippen LogP contribution in [0.25, 0.3) is 0 Å². The molecule has 17 heavy (non-hydrogen) atoms. The molecule has 0 amide bonds. The molecule has 4 nitrogen and oxygen atoms in total. The van der Waals surface area contributed by atoms with Gasteiger partial charge in [-0.1, -0.05) is 0 Å². The van der Waals surface area contributed by atoms with Crippen molar-refractivity contribution in [3.05, 3.63) is 0 Å². The molecule has 5 heteroatoms. The Kier molecular flexibility index (Phi) is 12.1. The topological polar surface area (TPSA) is 48.1 Å². The molecule has 0 unspecified atom stereocenters. The van der Waals surface area contributed by atoms with Gasteiger partial charge in [0.1, 0.15) is 0 Å². The second-order valence-corrected chi connectivity index (χ2v) is 11.0. The van der Waals surface area contributed by atoms with Crippen molar-refractivity contribution in [2.75, 3.05) is 26.2 Å². The Labute approximate surface area is 113 Å². The number of hydrogen-bond donors (Lipinski definition) is 4. The number of rotatable bonds is 12. The van der Waals surface area contributed by atoms with Crippen LogP contribution in [-0.4, -0.2) is 45.4 Å². The molecule has 0 bridgehead atoms. The maximum absolute atomic E-state index is 3.74. The van der Waals surface area contributed by atoms with Gasteiger partial charge in [0.2, 0.25) is 0 Å². The fourth-order valence-electron chi connectivity index (χ4n) is 1.33. The van der Waals surface area contributed by atoms with Crippen molar-refractivity contribution < 1.29 is 0 Å². The van der Waals surface area contributed by atoms with Gasteiger partial charge in [-0.2, -0.15) is 0 Å². The molecule has 106 valence electrons. The molecule has 0 aliphatic heterocycles. The molecule has 0 aliphatic rings. The fraction of sp³-hybridized carbons (Fsp3) is 1.00. The van der Waals surface area contributed by atoms with Gasteiger partial charge in [0.25, 0.3) is 0 Å². The Morgan fingerprint density at radius 1 is 0.529 bits per heavy atom. The summed E-state index contributed by atoms with van der Waals surface area (Å²) in [7, 11) is 0. The van der Waals surface area contributed by atoms with Crippen molar-refractivity contribution in [2.24, 2.45) is 0 Å². The van der Waals surface area contributed by atoms with E-state index in [0.29, 0.717) is 0 Å². The van der Waals surface area contributed by atoms with Gasteiger partial charge in [-0.3, -0.25) is 0 Å². The summed E-state index contributed by atoms with van der Waals surface area (Å²) in [6.45, 7) is 13.2. The van der Waals surface area contributed by atoms with Gasteiger partial charge >= 0.3 is 113 Å². The Balaban J connectivity index is 4.39. The quantitative estimate of drug-likeness (QED) is 0.398. The third-order valence-electron chi connectivity index (χ3n) is 2.27. The van der Waals surface area contributed by atoms with Gasteiger partial charge in [-0.15, -0.1) is 0 Å². The molecule has 4 N–H and O–H groups in total. The van der Waals surface area contributed by atoms with Crippen LogP contribution in [0.3, 0.4) is 0 Å². The SMILES string of the molecule is CCCN[Te](NCCC)(NCCC)NCCC. The van der Waals surface area contributed by atoms with Gasteiger partial charge < -0.3 is 0 Å². The first-order valence-electron chi connectivity index (χ1n) is 7.06. The molecule has 0 rings (SSSR count). The third-order valence-corrected chi connectivity index (χ3v) is 9.55. The van der Waals surface area contributed by atoms with E-state index in [9.17, 15) is 0 Å². The Hall–Kier alpha value is 0.630. The van der Waals surface area contributed by atoms with Crippen molar-refractivity contribution >= 4 is 19.3 Å². The molecule has 0 saturated carbocycles. The van der Waals surface area contributed by atoms with Gasteiger partial charge in [-0.05, 0) is 0 Å². The summed E-state index contributed by atoms with van der Waals surface area (Å²) in [6, 6.07) is 0. The van der Waals surface area contributed by atoms with E-state index < -0.39 is 19.3 Å². The van der Waals surface area contributed by atoms with E-state index in [1.54, 1.807) is 0 Å². The Morgan fingerprint density at radius 2 is 0.765 bits per heavy atom. The number of nitrogens with one attached hydrogen (secondary N) is 4. The zero-order valence-corrected chi connectivity index (χ0v) is 14.4. The Morgan fingerprint density at radius 3 is 0.941 bits per heavy atom. The monoisotopic (exact) mass is 362 g/mol. The molecule has 0 aromatic heterocycles. The van der Waals surface area contributed by atoms with Crippen LogP contribution in [0, 0.1) is 0 Å². The summed E-state index contributed by atoms with van der Waals surface area (Å²) in [5.41, 5.74) is 0. The first kappa shape index (κ1) is 17.6. The normalized spacial score (nSPS) is 12.9. The second kappa shape index (κ2) is 11.7. The molecule has 0 radical (unpaired) electrons. The second-order valence-electron chi connectivity index (χ2n) is 4.19. The molecular weight excluding hydrogens is 328 g/mol. The van der Waals surface area contributed by atoms with Crippen LogP contribution >= 0.6 is 0 Å². The van der Waals surface area contributed by atoms with Crippen LogP contribution in [0.5, 0.6) is 0 Å². The van der Waals surface area contributed by atoms with E-state index in [1.807, 2.05) is 0 Å². The first-order valence-corrected chi connectivity index (χ1v) is 11.7. The van der Waals surface area contributed by atoms with Gasteiger partial charge in [0, 0.05) is 0 Å². The minimum absolute atomic E-state index is 1.09. The molecule has 0 heterocycles. The van der Waals surface area contributed by atoms with Crippen LogP contribution in [0.4, 0.5) is 0 Å². The van der Waals surface area contributed by atoms with E-state index in [1.165, 1.54) is 25.7 Å². The summed E-state index contributed by atoms with van der Waals surface area (Å²) in [5.74, 6) is 0. The average molecular weight is 360 g/mol. The van der Waals surface area contributed by atoms with E-state index in [4.69, 9.17) is 0 Å². The van der Waals surface area contributed by atoms with Crippen molar-refractivity contribution in [3.8, 4) is 0 Å². The summed E-state index contributed by atoms with van der Waals surface area (Å²) < 4.78 is 15.0. The van der Waals surface area contributed by atoms with Crippen molar-refractivity contribution in [2.45, 2.75) is 53.4 Å². The van der Waals surface area contributed by atoms with Crippen molar-refractivity contribution in [3.63, 3.8) is 0 Å². The molecule has 0 aromatic rings. The van der Waals surface area contributed by atoms with Gasteiger partial charge in [0.05, 0.1) is 0 Å². The van der Waals surface area contributed by atoms with Crippen LogP contribution < -0.4 is 14.3 Å². The van der Waals surface area contributed by atoms with Gasteiger partial charge in [0.15, 0.2) is 0 Å². The first-order chi connectivity index (χ1) is 8.24. The van der Waals surface area contributed by atoms with Crippen LogP contribution in [-0.2, 0) is 0 Å². The van der Waals surface area contributed by atoms with E-state index in [0.717, 1.165) is 26.2 Å². The summed E-state index contributed by atoms with van der Waals surface area (Å²) >= 11 is -2.46. The zero-order chi connectivity index (χ0) is 13.0. The Bertz CT molecular complexity index is 129. The van der Waals surface area contributed by atoms with E-state index in [-0.39, 0.29) is 0 Å².